The molecule has 1 fully saturated rings. The van der Waals surface area contributed by atoms with E-state index in [4.69, 9.17) is 0 Å². The van der Waals surface area contributed by atoms with Crippen molar-refractivity contribution in [2.45, 2.75) is 12.8 Å². The molecule has 5 nitrogen and oxygen atoms in total. The molecule has 2 aromatic rings. The van der Waals surface area contributed by atoms with Gasteiger partial charge in [-0.3, -0.25) is 9.78 Å². The molecule has 1 saturated heterocycles. The van der Waals surface area contributed by atoms with E-state index in [0.717, 1.165) is 37.8 Å². The monoisotopic (exact) mass is 329 g/mol. The summed E-state index contributed by atoms with van der Waals surface area (Å²) in [6, 6.07) is 8.86. The predicted octanol–water partition coefficient (Wildman–Crippen LogP) is 2.68. The molecular weight excluding hydrogens is 309 g/mol. The Morgan fingerprint density at radius 3 is 2.75 bits per heavy atom. The smallest absolute Gasteiger partial charge is 0.258 e. The Labute approximate surface area is 140 Å². The molecule has 0 spiro atoms. The maximum Gasteiger partial charge on any atom is 0.258 e. The van der Waals surface area contributed by atoms with Crippen LogP contribution in [0.25, 0.3) is 0 Å². The summed E-state index contributed by atoms with van der Waals surface area (Å²) in [5.41, 5.74) is 1.54. The summed E-state index contributed by atoms with van der Waals surface area (Å²) >= 11 is 0. The molecule has 0 aliphatic carbocycles. The van der Waals surface area contributed by atoms with Crippen LogP contribution in [0.5, 0.6) is 0 Å². The molecule has 0 unspecified atom stereocenters. The number of para-hydroxylation sites is 2. The van der Waals surface area contributed by atoms with E-state index >= 15 is 0 Å². The summed E-state index contributed by atoms with van der Waals surface area (Å²) in [5, 5.41) is 12.0. The van der Waals surface area contributed by atoms with Crippen LogP contribution in [0.3, 0.4) is 0 Å². The zero-order valence-corrected chi connectivity index (χ0v) is 13.3. The first kappa shape index (κ1) is 16.4. The summed E-state index contributed by atoms with van der Waals surface area (Å²) < 4.78 is 13.7. The van der Waals surface area contributed by atoms with E-state index in [1.54, 1.807) is 0 Å². The Balaban J connectivity index is 1.77. The number of rotatable bonds is 4. The molecule has 126 valence electrons. The molecule has 0 saturated carbocycles. The minimum absolute atomic E-state index is 0.0289. The van der Waals surface area contributed by atoms with Gasteiger partial charge in [-0.2, -0.15) is 0 Å². The summed E-state index contributed by atoms with van der Waals surface area (Å²) in [5.74, 6) is -0.794. The van der Waals surface area contributed by atoms with Crippen LogP contribution < -0.4 is 10.2 Å². The van der Waals surface area contributed by atoms with Gasteiger partial charge in [0.15, 0.2) is 5.82 Å². The predicted molar refractivity (Wildman–Crippen MR) is 90.6 cm³/mol. The summed E-state index contributed by atoms with van der Waals surface area (Å²) in [6.07, 6.45) is 4.25. The highest BCUT2D eigenvalue weighted by molar-refractivity contribution is 6.06. The number of nitrogens with one attached hydrogen (secondary N) is 1. The number of piperidine rings is 1. The van der Waals surface area contributed by atoms with Crippen LogP contribution in [-0.4, -0.2) is 35.7 Å². The fraction of sp³-hybridized carbons (Fsp3) is 0.333. The Hall–Kier alpha value is -2.47. The Morgan fingerprint density at radius 2 is 2.04 bits per heavy atom. The van der Waals surface area contributed by atoms with Crippen molar-refractivity contribution in [3.63, 3.8) is 0 Å². The Kier molecular flexibility index (Phi) is 5.05. The van der Waals surface area contributed by atoms with Crippen LogP contribution in [0, 0.1) is 11.7 Å². The van der Waals surface area contributed by atoms with Crippen LogP contribution in [0.15, 0.2) is 42.7 Å². The molecule has 1 amide bonds. The number of amides is 1. The number of carbonyl (C=O) groups excluding carboxylic acids is 1. The quantitative estimate of drug-likeness (QED) is 0.905. The summed E-state index contributed by atoms with van der Waals surface area (Å²) in [7, 11) is 0. The first-order chi connectivity index (χ1) is 11.7. The number of benzene rings is 1. The number of nitrogens with zero attached hydrogens (tertiary/aromatic N) is 2. The molecule has 1 aromatic heterocycles. The van der Waals surface area contributed by atoms with Crippen molar-refractivity contribution in [2.75, 3.05) is 29.9 Å². The third-order valence-electron chi connectivity index (χ3n) is 4.38. The fourth-order valence-electron chi connectivity index (χ4n) is 2.96. The van der Waals surface area contributed by atoms with Gasteiger partial charge < -0.3 is 15.3 Å². The molecule has 0 atom stereocenters. The third-order valence-corrected chi connectivity index (χ3v) is 4.38. The second-order valence-corrected chi connectivity index (χ2v) is 5.94. The fourth-order valence-corrected chi connectivity index (χ4v) is 2.96. The highest BCUT2D eigenvalue weighted by atomic mass is 19.1. The van der Waals surface area contributed by atoms with E-state index in [0.29, 0.717) is 11.6 Å². The lowest BCUT2D eigenvalue weighted by molar-refractivity contribution is 0.102. The number of hydrogen-bond acceptors (Lipinski definition) is 4. The largest absolute Gasteiger partial charge is 0.396 e. The number of hydrogen-bond donors (Lipinski definition) is 2. The van der Waals surface area contributed by atoms with Crippen molar-refractivity contribution in [1.29, 1.82) is 0 Å². The van der Waals surface area contributed by atoms with Crippen molar-refractivity contribution in [3.8, 4) is 0 Å². The lowest BCUT2D eigenvalue weighted by Gasteiger charge is -2.34. The first-order valence-electron chi connectivity index (χ1n) is 8.04. The molecule has 3 rings (SSSR count). The SMILES string of the molecule is O=C(Nc1ccccc1N1CCC(CO)CC1)c1ccncc1F. The summed E-state index contributed by atoms with van der Waals surface area (Å²) in [4.78, 5) is 18.2. The van der Waals surface area contributed by atoms with E-state index in [1.807, 2.05) is 24.3 Å². The van der Waals surface area contributed by atoms with Gasteiger partial charge in [0.2, 0.25) is 0 Å². The van der Waals surface area contributed by atoms with E-state index in [-0.39, 0.29) is 12.2 Å². The number of anilines is 2. The molecule has 0 radical (unpaired) electrons. The highest BCUT2D eigenvalue weighted by Gasteiger charge is 2.21. The van der Waals surface area contributed by atoms with Crippen LogP contribution in [0.4, 0.5) is 15.8 Å². The van der Waals surface area contributed by atoms with Gasteiger partial charge in [0.05, 0.1) is 23.1 Å². The minimum atomic E-state index is -0.642. The highest BCUT2D eigenvalue weighted by Crippen LogP contribution is 2.30. The number of carbonyl (C=O) groups is 1. The molecule has 6 heteroatoms. The average Bonchev–Trinajstić information content (AvgIpc) is 2.62. The van der Waals surface area contributed by atoms with Gasteiger partial charge in [0, 0.05) is 25.9 Å². The van der Waals surface area contributed by atoms with Crippen LogP contribution >= 0.6 is 0 Å². The van der Waals surface area contributed by atoms with Crippen molar-refractivity contribution in [1.82, 2.24) is 4.98 Å². The standard InChI is InChI=1S/C18H20FN3O2/c19-15-11-20-8-5-14(15)18(24)21-16-3-1-2-4-17(16)22-9-6-13(12-23)7-10-22/h1-5,8,11,13,23H,6-7,9-10,12H2,(H,21,24). The molecule has 2 N–H and O–H groups in total. The van der Waals surface area contributed by atoms with Crippen LogP contribution in [0.2, 0.25) is 0 Å². The number of aromatic nitrogens is 1. The summed E-state index contributed by atoms with van der Waals surface area (Å²) in [6.45, 7) is 1.86. The lowest BCUT2D eigenvalue weighted by Crippen LogP contribution is -2.35. The van der Waals surface area contributed by atoms with Crippen molar-refractivity contribution in [2.24, 2.45) is 5.92 Å². The number of pyridine rings is 1. The number of aliphatic hydroxyl groups excluding tert-OH is 1. The molecule has 1 aromatic carbocycles. The topological polar surface area (TPSA) is 65.5 Å². The second-order valence-electron chi connectivity index (χ2n) is 5.94. The Morgan fingerprint density at radius 1 is 1.29 bits per heavy atom. The van der Waals surface area contributed by atoms with Gasteiger partial charge in [0.25, 0.3) is 5.91 Å². The average molecular weight is 329 g/mol. The normalized spacial score (nSPS) is 15.3. The van der Waals surface area contributed by atoms with Gasteiger partial charge in [-0.05, 0) is 37.0 Å². The molecular formula is C18H20FN3O2. The van der Waals surface area contributed by atoms with E-state index in [2.05, 4.69) is 15.2 Å². The van der Waals surface area contributed by atoms with E-state index in [9.17, 15) is 14.3 Å². The molecule has 1 aliphatic rings. The van der Waals surface area contributed by atoms with Gasteiger partial charge >= 0.3 is 0 Å². The van der Waals surface area contributed by atoms with E-state index < -0.39 is 11.7 Å². The zero-order chi connectivity index (χ0) is 16.9. The van der Waals surface area contributed by atoms with Crippen LogP contribution in [-0.2, 0) is 0 Å². The third kappa shape index (κ3) is 3.54. The molecule has 1 aliphatic heterocycles. The van der Waals surface area contributed by atoms with Crippen molar-refractivity contribution < 1.29 is 14.3 Å². The maximum atomic E-state index is 13.7. The van der Waals surface area contributed by atoms with Gasteiger partial charge in [-0.1, -0.05) is 12.1 Å². The Bertz CT molecular complexity index is 715. The second kappa shape index (κ2) is 7.40. The molecule has 0 bridgehead atoms. The first-order valence-corrected chi connectivity index (χ1v) is 8.04. The molecule has 2 heterocycles. The maximum absolute atomic E-state index is 13.7. The van der Waals surface area contributed by atoms with Crippen molar-refractivity contribution >= 4 is 17.3 Å². The van der Waals surface area contributed by atoms with Gasteiger partial charge in [0.1, 0.15) is 0 Å². The zero-order valence-electron chi connectivity index (χ0n) is 13.3. The lowest BCUT2D eigenvalue weighted by atomic mass is 9.97. The number of aliphatic hydroxyl groups is 1. The van der Waals surface area contributed by atoms with Gasteiger partial charge in [-0.15, -0.1) is 0 Å². The number of halogens is 1. The minimum Gasteiger partial charge on any atom is -0.396 e. The van der Waals surface area contributed by atoms with E-state index in [1.165, 1.54) is 12.3 Å². The van der Waals surface area contributed by atoms with Gasteiger partial charge in [-0.25, -0.2) is 4.39 Å². The van der Waals surface area contributed by atoms with Crippen LogP contribution in [0.1, 0.15) is 23.2 Å². The van der Waals surface area contributed by atoms with Crippen molar-refractivity contribution in [3.05, 3.63) is 54.1 Å². The molecule has 24 heavy (non-hydrogen) atoms.